The molecule has 0 saturated carbocycles. The first kappa shape index (κ1) is 14.9. The molecule has 0 saturated heterocycles. The fourth-order valence-electron chi connectivity index (χ4n) is 1.76. The van der Waals surface area contributed by atoms with Gasteiger partial charge in [-0.2, -0.15) is 0 Å². The maximum atomic E-state index is 11.9. The Morgan fingerprint density at radius 2 is 1.75 bits per heavy atom. The summed E-state index contributed by atoms with van der Waals surface area (Å²) in [6.45, 7) is 0. The van der Waals surface area contributed by atoms with Gasteiger partial charge in [-0.1, -0.05) is 39.7 Å². The van der Waals surface area contributed by atoms with Gasteiger partial charge in [0.1, 0.15) is 0 Å². The molecule has 0 spiro atoms. The third kappa shape index (κ3) is 3.74. The number of esters is 1. The zero-order valence-electron chi connectivity index (χ0n) is 10.8. The van der Waals surface area contributed by atoms with Gasteiger partial charge < -0.3 is 10.1 Å². The molecule has 2 aromatic carbocycles. The molecule has 0 aliphatic rings. The average molecular weight is 355 g/mol. The van der Waals surface area contributed by atoms with Gasteiger partial charge in [-0.25, -0.2) is 4.79 Å². The monoisotopic (exact) mass is 353 g/mol. The first-order valence-corrected chi connectivity index (χ1v) is 7.12. The largest absolute Gasteiger partial charge is 0.467 e. The second-order valence-corrected chi connectivity index (χ2v) is 5.51. The molecule has 2 aromatic rings. The number of ether oxygens (including phenoxy) is 1. The van der Waals surface area contributed by atoms with Gasteiger partial charge in [0.05, 0.1) is 7.11 Å². The Balaban J connectivity index is 2.26. The van der Waals surface area contributed by atoms with Crippen molar-refractivity contribution in [3.05, 3.63) is 63.6 Å². The quantitative estimate of drug-likeness (QED) is 0.826. The number of methoxy groups -OCH3 is 1. The summed E-state index contributed by atoms with van der Waals surface area (Å²) in [5.41, 5.74) is 1.63. The maximum Gasteiger partial charge on any atom is 0.332 e. The average Bonchev–Trinajstić information content (AvgIpc) is 2.47. The van der Waals surface area contributed by atoms with Gasteiger partial charge in [0.15, 0.2) is 6.04 Å². The third-order valence-electron chi connectivity index (χ3n) is 2.80. The van der Waals surface area contributed by atoms with Crippen LogP contribution in [0.4, 0.5) is 5.69 Å². The Morgan fingerprint density at radius 3 is 2.30 bits per heavy atom. The van der Waals surface area contributed by atoms with Crippen LogP contribution in [0.3, 0.4) is 0 Å². The molecule has 0 aliphatic heterocycles. The van der Waals surface area contributed by atoms with Crippen LogP contribution in [0.1, 0.15) is 11.6 Å². The van der Waals surface area contributed by atoms with Gasteiger partial charge in [0.2, 0.25) is 0 Å². The number of nitrogens with one attached hydrogen (secondary N) is 1. The summed E-state index contributed by atoms with van der Waals surface area (Å²) in [5.74, 6) is -0.352. The van der Waals surface area contributed by atoms with Gasteiger partial charge >= 0.3 is 5.97 Å². The van der Waals surface area contributed by atoms with Crippen LogP contribution < -0.4 is 5.32 Å². The zero-order valence-corrected chi connectivity index (χ0v) is 13.1. The molecule has 0 amide bonds. The zero-order chi connectivity index (χ0) is 14.5. The molecular weight excluding hydrogens is 342 g/mol. The fraction of sp³-hybridized carbons (Fsp3) is 0.133. The lowest BCUT2D eigenvalue weighted by molar-refractivity contribution is -0.141. The van der Waals surface area contributed by atoms with Gasteiger partial charge in [-0.3, -0.25) is 0 Å². The summed E-state index contributed by atoms with van der Waals surface area (Å²) >= 11 is 9.24. The molecule has 0 fully saturated rings. The molecule has 0 heterocycles. The summed E-state index contributed by atoms with van der Waals surface area (Å²) in [6.07, 6.45) is 0. The van der Waals surface area contributed by atoms with E-state index in [1.54, 1.807) is 24.3 Å². The molecule has 1 N–H and O–H groups in total. The van der Waals surface area contributed by atoms with Crippen LogP contribution in [-0.2, 0) is 9.53 Å². The lowest BCUT2D eigenvalue weighted by Crippen LogP contribution is -2.22. The SMILES string of the molecule is COC(=O)C(Nc1ccc(Br)cc1)c1ccc(Cl)cc1. The maximum absolute atomic E-state index is 11.9. The minimum absolute atomic E-state index is 0.352. The predicted octanol–water partition coefficient (Wildman–Crippen LogP) is 4.43. The van der Waals surface area contributed by atoms with E-state index in [4.69, 9.17) is 16.3 Å². The fourth-order valence-corrected chi connectivity index (χ4v) is 2.15. The molecule has 0 bridgehead atoms. The molecule has 0 aliphatic carbocycles. The standard InChI is InChI=1S/C15H13BrClNO2/c1-20-15(19)14(10-2-6-12(17)7-3-10)18-13-8-4-11(16)5-9-13/h2-9,14,18H,1H3. The van der Waals surface area contributed by atoms with Crippen molar-refractivity contribution in [2.75, 3.05) is 12.4 Å². The minimum Gasteiger partial charge on any atom is -0.467 e. The Labute approximate surface area is 131 Å². The highest BCUT2D eigenvalue weighted by molar-refractivity contribution is 9.10. The Morgan fingerprint density at radius 1 is 1.15 bits per heavy atom. The van der Waals surface area contributed by atoms with Gasteiger partial charge in [-0.05, 0) is 42.0 Å². The van der Waals surface area contributed by atoms with Crippen molar-refractivity contribution in [3.8, 4) is 0 Å². The van der Waals surface area contributed by atoms with Gasteiger partial charge in [-0.15, -0.1) is 0 Å². The smallest absolute Gasteiger partial charge is 0.332 e. The first-order chi connectivity index (χ1) is 9.60. The molecule has 0 radical (unpaired) electrons. The van der Waals surface area contributed by atoms with E-state index < -0.39 is 6.04 Å². The van der Waals surface area contributed by atoms with E-state index in [1.807, 2.05) is 24.3 Å². The number of halogens is 2. The number of hydrogen-bond acceptors (Lipinski definition) is 3. The van der Waals surface area contributed by atoms with Crippen molar-refractivity contribution in [1.82, 2.24) is 0 Å². The molecular formula is C15H13BrClNO2. The van der Waals surface area contributed by atoms with Crippen LogP contribution in [0.25, 0.3) is 0 Å². The molecule has 104 valence electrons. The number of benzene rings is 2. The topological polar surface area (TPSA) is 38.3 Å². The normalized spacial score (nSPS) is 11.8. The molecule has 1 atom stereocenters. The van der Waals surface area contributed by atoms with E-state index in [9.17, 15) is 4.79 Å². The molecule has 0 aromatic heterocycles. The number of carbonyl (C=O) groups is 1. The Hall–Kier alpha value is -1.52. The number of rotatable bonds is 4. The third-order valence-corrected chi connectivity index (χ3v) is 3.58. The summed E-state index contributed by atoms with van der Waals surface area (Å²) < 4.78 is 5.83. The molecule has 20 heavy (non-hydrogen) atoms. The van der Waals surface area contributed by atoms with E-state index >= 15 is 0 Å². The summed E-state index contributed by atoms with van der Waals surface area (Å²) in [7, 11) is 1.37. The highest BCUT2D eigenvalue weighted by Gasteiger charge is 2.21. The Bertz CT molecular complexity index is 584. The minimum atomic E-state index is -0.571. The number of anilines is 1. The molecule has 1 unspecified atom stereocenters. The van der Waals surface area contributed by atoms with Crippen molar-refractivity contribution in [3.63, 3.8) is 0 Å². The second kappa shape index (κ2) is 6.77. The van der Waals surface area contributed by atoms with E-state index in [1.165, 1.54) is 7.11 Å². The van der Waals surface area contributed by atoms with Gasteiger partial charge in [0.25, 0.3) is 0 Å². The van der Waals surface area contributed by atoms with Crippen LogP contribution in [0.5, 0.6) is 0 Å². The van der Waals surface area contributed by atoms with Crippen molar-refractivity contribution >= 4 is 39.2 Å². The van der Waals surface area contributed by atoms with Crippen LogP contribution in [0.15, 0.2) is 53.0 Å². The van der Waals surface area contributed by atoms with Crippen molar-refractivity contribution in [1.29, 1.82) is 0 Å². The summed E-state index contributed by atoms with van der Waals surface area (Å²) in [4.78, 5) is 11.9. The van der Waals surface area contributed by atoms with Crippen molar-refractivity contribution in [2.45, 2.75) is 6.04 Å². The van der Waals surface area contributed by atoms with Gasteiger partial charge in [0, 0.05) is 15.2 Å². The summed E-state index contributed by atoms with van der Waals surface area (Å²) in [5, 5.41) is 3.78. The van der Waals surface area contributed by atoms with Crippen LogP contribution in [0.2, 0.25) is 5.02 Å². The van der Waals surface area contributed by atoms with Crippen LogP contribution in [0, 0.1) is 0 Å². The van der Waals surface area contributed by atoms with E-state index in [0.29, 0.717) is 5.02 Å². The lowest BCUT2D eigenvalue weighted by atomic mass is 10.1. The number of carbonyl (C=O) groups excluding carboxylic acids is 1. The summed E-state index contributed by atoms with van der Waals surface area (Å²) in [6, 6.07) is 14.1. The van der Waals surface area contributed by atoms with Crippen LogP contribution in [-0.4, -0.2) is 13.1 Å². The number of hydrogen-bond donors (Lipinski definition) is 1. The van der Waals surface area contributed by atoms with E-state index in [0.717, 1.165) is 15.7 Å². The van der Waals surface area contributed by atoms with Crippen LogP contribution >= 0.6 is 27.5 Å². The Kier molecular flexibility index (Phi) is 5.04. The van der Waals surface area contributed by atoms with E-state index in [2.05, 4.69) is 21.2 Å². The van der Waals surface area contributed by atoms with Crippen molar-refractivity contribution in [2.24, 2.45) is 0 Å². The molecule has 3 nitrogen and oxygen atoms in total. The second-order valence-electron chi connectivity index (χ2n) is 4.16. The molecule has 2 rings (SSSR count). The lowest BCUT2D eigenvalue weighted by Gasteiger charge is -2.18. The first-order valence-electron chi connectivity index (χ1n) is 5.95. The van der Waals surface area contributed by atoms with E-state index in [-0.39, 0.29) is 5.97 Å². The highest BCUT2D eigenvalue weighted by Crippen LogP contribution is 2.23. The predicted molar refractivity (Wildman–Crippen MR) is 84.0 cm³/mol. The van der Waals surface area contributed by atoms with Crippen molar-refractivity contribution < 1.29 is 9.53 Å². The molecule has 5 heteroatoms. The highest BCUT2D eigenvalue weighted by atomic mass is 79.9.